The molecule has 3 aromatic carbocycles. The van der Waals surface area contributed by atoms with Crippen LogP contribution in [0.3, 0.4) is 0 Å². The molecule has 0 spiro atoms. The van der Waals surface area contributed by atoms with Crippen molar-refractivity contribution in [1.82, 2.24) is 9.47 Å². The van der Waals surface area contributed by atoms with Crippen LogP contribution < -0.4 is 9.22 Å². The van der Waals surface area contributed by atoms with E-state index in [4.69, 9.17) is 9.72 Å². The molecule has 0 amide bonds. The van der Waals surface area contributed by atoms with E-state index in [1.165, 1.54) is 33.5 Å². The molecule has 0 saturated heterocycles. The Hall–Kier alpha value is -3.69. The lowest BCUT2D eigenvalue weighted by Gasteiger charge is -2.31. The largest absolute Gasteiger partial charge is 0.494 e. The number of hydrogen-bond acceptors (Lipinski definition) is 2. The number of nitrogens with zero attached hydrogens (tertiary/aromatic N) is 2. The van der Waals surface area contributed by atoms with Crippen LogP contribution in [-0.2, 0) is 0 Å². The molecule has 0 unspecified atom stereocenters. The van der Waals surface area contributed by atoms with Gasteiger partial charge < -0.3 is 4.74 Å². The molecule has 1 aliphatic rings. The van der Waals surface area contributed by atoms with Gasteiger partial charge in [0, 0.05) is 12.3 Å². The molecule has 35 heavy (non-hydrogen) atoms. The molecule has 0 aliphatic carbocycles. The summed E-state index contributed by atoms with van der Waals surface area (Å²) in [6, 6.07) is 28.1. The lowest BCUT2D eigenvalue weighted by molar-refractivity contribution is 0.317. The second kappa shape index (κ2) is 9.89. The highest BCUT2D eigenvalue weighted by Crippen LogP contribution is 2.52. The van der Waals surface area contributed by atoms with E-state index in [0.717, 1.165) is 47.7 Å². The van der Waals surface area contributed by atoms with Crippen LogP contribution in [0.2, 0.25) is 0 Å². The van der Waals surface area contributed by atoms with Crippen LogP contribution in [0.25, 0.3) is 34.4 Å². The van der Waals surface area contributed by atoms with Crippen molar-refractivity contribution >= 4 is 23.7 Å². The summed E-state index contributed by atoms with van der Waals surface area (Å²) in [5.74, 6) is 2.08. The fourth-order valence-electron chi connectivity index (χ4n) is 5.11. The summed E-state index contributed by atoms with van der Waals surface area (Å²) in [4.78, 5) is 5.03. The Labute approximate surface area is 208 Å². The Morgan fingerprint density at radius 3 is 2.17 bits per heavy atom. The highest BCUT2D eigenvalue weighted by Gasteiger charge is 2.43. The summed E-state index contributed by atoms with van der Waals surface area (Å²) >= 11 is 0. The van der Waals surface area contributed by atoms with Gasteiger partial charge in [0.2, 0.25) is 5.82 Å². The highest BCUT2D eigenvalue weighted by atomic mass is 16.5. The number of quaternary nitrogens is 1. The maximum Gasteiger partial charge on any atom is 0.240 e. The molecule has 2 heterocycles. The standard InChI is InChI=1S/C32H33N2O/c1-4-20-35-28-17-14-26(15-18-28)27-16-19-31-29(22-27)30-21-25(13-12-24-10-8-7-9-11-24)23-33-32(30)34(31,5-2)6-3/h7-19,21-23H,4-6,20H2,1-3H3/q+1. The Morgan fingerprint density at radius 1 is 0.743 bits per heavy atom. The van der Waals surface area contributed by atoms with E-state index in [-0.39, 0.29) is 0 Å². The Balaban J connectivity index is 1.55. The molecular weight excluding hydrogens is 428 g/mol. The van der Waals surface area contributed by atoms with Gasteiger partial charge in [-0.25, -0.2) is 9.47 Å². The summed E-state index contributed by atoms with van der Waals surface area (Å²) in [7, 11) is 0. The molecule has 1 aliphatic heterocycles. The van der Waals surface area contributed by atoms with E-state index in [1.807, 2.05) is 12.3 Å². The number of aromatic nitrogens is 1. The van der Waals surface area contributed by atoms with Gasteiger partial charge >= 0.3 is 0 Å². The van der Waals surface area contributed by atoms with Crippen LogP contribution in [-0.4, -0.2) is 24.7 Å². The summed E-state index contributed by atoms with van der Waals surface area (Å²) in [5.41, 5.74) is 8.59. The predicted molar refractivity (Wildman–Crippen MR) is 149 cm³/mol. The molecule has 0 N–H and O–H groups in total. The first-order valence-corrected chi connectivity index (χ1v) is 12.7. The summed E-state index contributed by atoms with van der Waals surface area (Å²) in [5, 5.41) is 0. The van der Waals surface area contributed by atoms with E-state index in [2.05, 4.69) is 106 Å². The van der Waals surface area contributed by atoms with Gasteiger partial charge in [-0.15, -0.1) is 0 Å². The minimum absolute atomic E-state index is 0.747. The van der Waals surface area contributed by atoms with Crippen LogP contribution >= 0.6 is 0 Å². The van der Waals surface area contributed by atoms with Crippen molar-refractivity contribution in [3.63, 3.8) is 0 Å². The number of fused-ring (bicyclic) bond motifs is 3. The molecule has 3 heteroatoms. The molecule has 5 rings (SSSR count). The zero-order valence-electron chi connectivity index (χ0n) is 20.9. The van der Waals surface area contributed by atoms with E-state index in [1.54, 1.807) is 0 Å². The van der Waals surface area contributed by atoms with E-state index >= 15 is 0 Å². The molecule has 1 aromatic heterocycles. The first-order chi connectivity index (χ1) is 17.2. The average molecular weight is 462 g/mol. The van der Waals surface area contributed by atoms with Crippen molar-refractivity contribution in [2.24, 2.45) is 0 Å². The van der Waals surface area contributed by atoms with Crippen molar-refractivity contribution in [1.29, 1.82) is 0 Å². The van der Waals surface area contributed by atoms with Gasteiger partial charge in [-0.05, 0) is 72.9 Å². The van der Waals surface area contributed by atoms with Gasteiger partial charge in [0.25, 0.3) is 0 Å². The van der Waals surface area contributed by atoms with Crippen molar-refractivity contribution in [3.8, 4) is 28.0 Å². The molecule has 0 saturated carbocycles. The van der Waals surface area contributed by atoms with Gasteiger partial charge in [-0.1, -0.05) is 61.5 Å². The normalized spacial score (nSPS) is 13.6. The lowest BCUT2D eigenvalue weighted by Crippen LogP contribution is -2.42. The number of ether oxygens (including phenoxy) is 1. The quantitative estimate of drug-likeness (QED) is 0.246. The van der Waals surface area contributed by atoms with Gasteiger partial charge in [-0.3, -0.25) is 0 Å². The van der Waals surface area contributed by atoms with Gasteiger partial charge in [-0.2, -0.15) is 0 Å². The van der Waals surface area contributed by atoms with Gasteiger partial charge in [0.15, 0.2) is 0 Å². The monoisotopic (exact) mass is 461 g/mol. The molecule has 0 atom stereocenters. The third kappa shape index (κ3) is 4.28. The van der Waals surface area contributed by atoms with Crippen LogP contribution in [0.15, 0.2) is 85.1 Å². The van der Waals surface area contributed by atoms with Gasteiger partial charge in [0.05, 0.1) is 30.8 Å². The molecule has 0 fully saturated rings. The smallest absolute Gasteiger partial charge is 0.240 e. The summed E-state index contributed by atoms with van der Waals surface area (Å²) < 4.78 is 6.56. The first kappa shape index (κ1) is 23.1. The first-order valence-electron chi connectivity index (χ1n) is 12.7. The predicted octanol–water partition coefficient (Wildman–Crippen LogP) is 8.37. The summed E-state index contributed by atoms with van der Waals surface area (Å²) in [6.45, 7) is 9.35. The van der Waals surface area contributed by atoms with Crippen molar-refractivity contribution in [2.75, 3.05) is 19.7 Å². The second-order valence-corrected chi connectivity index (χ2v) is 9.09. The van der Waals surface area contributed by atoms with Crippen LogP contribution in [0.4, 0.5) is 11.5 Å². The van der Waals surface area contributed by atoms with Crippen molar-refractivity contribution in [3.05, 3.63) is 96.2 Å². The van der Waals surface area contributed by atoms with Crippen LogP contribution in [0.1, 0.15) is 38.3 Å². The zero-order valence-corrected chi connectivity index (χ0v) is 20.9. The number of rotatable bonds is 8. The minimum atomic E-state index is 0.747. The molecular formula is C32H33N2O+. The number of benzene rings is 3. The second-order valence-electron chi connectivity index (χ2n) is 9.09. The third-order valence-corrected chi connectivity index (χ3v) is 7.05. The lowest BCUT2D eigenvalue weighted by atomic mass is 9.99. The highest BCUT2D eigenvalue weighted by molar-refractivity contribution is 5.96. The number of pyridine rings is 1. The van der Waals surface area contributed by atoms with Crippen LogP contribution in [0, 0.1) is 0 Å². The molecule has 4 aromatic rings. The molecule has 176 valence electrons. The van der Waals surface area contributed by atoms with E-state index < -0.39 is 0 Å². The fourth-order valence-corrected chi connectivity index (χ4v) is 5.11. The molecule has 0 radical (unpaired) electrons. The maximum atomic E-state index is 5.77. The zero-order chi connectivity index (χ0) is 24.3. The number of hydrogen-bond donors (Lipinski definition) is 0. The minimum Gasteiger partial charge on any atom is -0.494 e. The van der Waals surface area contributed by atoms with E-state index in [9.17, 15) is 0 Å². The Morgan fingerprint density at radius 2 is 1.46 bits per heavy atom. The molecule has 3 nitrogen and oxygen atoms in total. The Kier molecular flexibility index (Phi) is 6.52. The molecule has 0 bridgehead atoms. The SMILES string of the molecule is CCCOc1ccc(-c2ccc3c(c2)-c2cc(C=Cc4ccccc4)cnc2[N+]3(CC)CC)cc1. The van der Waals surface area contributed by atoms with Crippen molar-refractivity contribution in [2.45, 2.75) is 27.2 Å². The van der Waals surface area contributed by atoms with E-state index in [0.29, 0.717) is 0 Å². The topological polar surface area (TPSA) is 22.1 Å². The summed E-state index contributed by atoms with van der Waals surface area (Å²) in [6.07, 6.45) is 7.33. The maximum absolute atomic E-state index is 5.77. The average Bonchev–Trinajstić information content (AvgIpc) is 3.20. The van der Waals surface area contributed by atoms with Crippen LogP contribution in [0.5, 0.6) is 5.75 Å². The van der Waals surface area contributed by atoms with Crippen molar-refractivity contribution < 1.29 is 4.74 Å². The Bertz CT molecular complexity index is 1340. The third-order valence-electron chi connectivity index (χ3n) is 7.05. The van der Waals surface area contributed by atoms with Gasteiger partial charge in [0.1, 0.15) is 11.4 Å². The fraction of sp³-hybridized carbons (Fsp3) is 0.219.